The van der Waals surface area contributed by atoms with Crippen molar-refractivity contribution in [2.45, 2.75) is 0 Å². The number of imide groups is 1. The van der Waals surface area contributed by atoms with Crippen LogP contribution in [0.1, 0.15) is 5.56 Å². The lowest BCUT2D eigenvalue weighted by molar-refractivity contribution is -0.123. The molecule has 0 saturated carbocycles. The lowest BCUT2D eigenvalue weighted by Gasteiger charge is -2.14. The van der Waals surface area contributed by atoms with Crippen molar-refractivity contribution in [1.29, 1.82) is 0 Å². The third kappa shape index (κ3) is 3.48. The summed E-state index contributed by atoms with van der Waals surface area (Å²) >= 11 is 0.930. The van der Waals surface area contributed by atoms with Crippen molar-refractivity contribution in [1.82, 2.24) is 4.90 Å². The second kappa shape index (κ2) is 7.76. The molecule has 0 aromatic heterocycles. The van der Waals surface area contributed by atoms with E-state index in [4.69, 9.17) is 14.2 Å². The summed E-state index contributed by atoms with van der Waals surface area (Å²) in [5, 5.41) is 1.78. The number of hydrogen-bond donors (Lipinski definition) is 0. The highest BCUT2D eigenvalue weighted by atomic mass is 32.2. The third-order valence-electron chi connectivity index (χ3n) is 4.89. The average molecular weight is 419 g/mol. The molecule has 0 spiro atoms. The van der Waals surface area contributed by atoms with Gasteiger partial charge in [-0.2, -0.15) is 0 Å². The van der Waals surface area contributed by atoms with Gasteiger partial charge in [-0.1, -0.05) is 42.5 Å². The number of hydrogen-bond acceptors (Lipinski definition) is 6. The number of carbonyl (C=O) groups excluding carboxylic acids is 2. The molecule has 0 bridgehead atoms. The molecule has 2 aliphatic heterocycles. The van der Waals surface area contributed by atoms with Gasteiger partial charge >= 0.3 is 0 Å². The zero-order valence-corrected chi connectivity index (χ0v) is 16.7. The maximum atomic E-state index is 12.7. The molecule has 0 atom stereocenters. The van der Waals surface area contributed by atoms with Gasteiger partial charge < -0.3 is 14.2 Å². The first-order valence-electron chi connectivity index (χ1n) is 9.45. The summed E-state index contributed by atoms with van der Waals surface area (Å²) in [6.07, 6.45) is 1.69. The molecular weight excluding hydrogens is 402 g/mol. The number of ether oxygens (including phenoxy) is 3. The monoisotopic (exact) mass is 419 g/mol. The Morgan fingerprint density at radius 2 is 1.83 bits per heavy atom. The van der Waals surface area contributed by atoms with Gasteiger partial charge in [0.05, 0.1) is 11.4 Å². The van der Waals surface area contributed by atoms with Crippen LogP contribution in [-0.2, 0) is 4.79 Å². The van der Waals surface area contributed by atoms with Gasteiger partial charge in [0.2, 0.25) is 6.79 Å². The molecule has 1 saturated heterocycles. The zero-order chi connectivity index (χ0) is 20.5. The number of nitrogens with zero attached hydrogens (tertiary/aromatic N) is 1. The maximum absolute atomic E-state index is 12.7. The Hall–Kier alpha value is -3.45. The van der Waals surface area contributed by atoms with Gasteiger partial charge in [-0.15, -0.1) is 0 Å². The Morgan fingerprint density at radius 1 is 1.00 bits per heavy atom. The summed E-state index contributed by atoms with van der Waals surface area (Å²) in [7, 11) is 0. The van der Waals surface area contributed by atoms with Gasteiger partial charge in [-0.05, 0) is 47.0 Å². The lowest BCUT2D eigenvalue weighted by Crippen LogP contribution is -2.32. The van der Waals surface area contributed by atoms with E-state index in [1.165, 1.54) is 4.90 Å². The summed E-state index contributed by atoms with van der Waals surface area (Å²) in [6.45, 7) is 0.599. The van der Waals surface area contributed by atoms with Gasteiger partial charge in [-0.3, -0.25) is 14.5 Å². The van der Waals surface area contributed by atoms with E-state index in [1.54, 1.807) is 18.2 Å². The lowest BCUT2D eigenvalue weighted by atomic mass is 10.1. The largest absolute Gasteiger partial charge is 0.491 e. The highest BCUT2D eigenvalue weighted by Crippen LogP contribution is 2.36. The van der Waals surface area contributed by atoms with E-state index in [-0.39, 0.29) is 31.1 Å². The predicted octanol–water partition coefficient (Wildman–Crippen LogP) is 4.68. The van der Waals surface area contributed by atoms with Gasteiger partial charge in [0.15, 0.2) is 11.5 Å². The number of rotatable bonds is 5. The van der Waals surface area contributed by atoms with Crippen molar-refractivity contribution in [3.63, 3.8) is 0 Å². The van der Waals surface area contributed by atoms with E-state index in [1.807, 2.05) is 48.5 Å². The second-order valence-corrected chi connectivity index (χ2v) is 7.76. The fourth-order valence-corrected chi connectivity index (χ4v) is 4.28. The van der Waals surface area contributed by atoms with E-state index in [2.05, 4.69) is 0 Å². The summed E-state index contributed by atoms with van der Waals surface area (Å²) < 4.78 is 16.5. The van der Waals surface area contributed by atoms with Crippen molar-refractivity contribution in [3.05, 3.63) is 71.1 Å². The van der Waals surface area contributed by atoms with Crippen LogP contribution in [0, 0.1) is 0 Å². The van der Waals surface area contributed by atoms with Crippen molar-refractivity contribution in [3.8, 4) is 17.2 Å². The van der Waals surface area contributed by atoms with E-state index in [0.29, 0.717) is 16.4 Å². The third-order valence-corrected chi connectivity index (χ3v) is 5.80. The molecule has 0 aliphatic carbocycles. The molecule has 150 valence electrons. The van der Waals surface area contributed by atoms with Crippen molar-refractivity contribution in [2.24, 2.45) is 0 Å². The van der Waals surface area contributed by atoms with Crippen LogP contribution in [0.2, 0.25) is 0 Å². The number of thioether (sulfide) groups is 1. The van der Waals surface area contributed by atoms with Crippen LogP contribution in [0.3, 0.4) is 0 Å². The molecule has 0 N–H and O–H groups in total. The smallest absolute Gasteiger partial charge is 0.293 e. The Balaban J connectivity index is 1.27. The first-order chi connectivity index (χ1) is 14.7. The molecule has 3 aromatic rings. The second-order valence-electron chi connectivity index (χ2n) is 6.77. The normalized spacial score (nSPS) is 16.7. The number of amides is 2. The molecular formula is C23H17NO5S. The molecule has 2 amide bonds. The molecule has 2 heterocycles. The van der Waals surface area contributed by atoms with Crippen LogP contribution < -0.4 is 14.2 Å². The molecule has 1 fully saturated rings. The number of benzene rings is 3. The van der Waals surface area contributed by atoms with Crippen molar-refractivity contribution < 1.29 is 23.8 Å². The van der Waals surface area contributed by atoms with E-state index < -0.39 is 0 Å². The fraction of sp³-hybridized carbons (Fsp3) is 0.130. The predicted molar refractivity (Wildman–Crippen MR) is 115 cm³/mol. The Kier molecular flexibility index (Phi) is 4.80. The van der Waals surface area contributed by atoms with Crippen LogP contribution in [0.15, 0.2) is 65.6 Å². The van der Waals surface area contributed by atoms with Crippen molar-refractivity contribution >= 4 is 39.8 Å². The number of fused-ring (bicyclic) bond motifs is 2. The molecule has 5 rings (SSSR count). The molecule has 6 nitrogen and oxygen atoms in total. The van der Waals surface area contributed by atoms with E-state index in [0.717, 1.165) is 33.8 Å². The highest BCUT2D eigenvalue weighted by Gasteiger charge is 2.34. The molecule has 0 radical (unpaired) electrons. The number of carbonyl (C=O) groups is 2. The molecule has 30 heavy (non-hydrogen) atoms. The maximum Gasteiger partial charge on any atom is 0.293 e. The Morgan fingerprint density at radius 3 is 2.77 bits per heavy atom. The summed E-state index contributed by atoms with van der Waals surface area (Å²) in [5.74, 6) is 1.72. The minimum absolute atomic E-state index is 0.187. The Labute approximate surface area is 177 Å². The molecule has 2 aliphatic rings. The zero-order valence-electron chi connectivity index (χ0n) is 15.9. The van der Waals surface area contributed by atoms with E-state index in [9.17, 15) is 9.59 Å². The van der Waals surface area contributed by atoms with Crippen LogP contribution in [-0.4, -0.2) is 36.0 Å². The van der Waals surface area contributed by atoms with Gasteiger partial charge in [-0.25, -0.2) is 0 Å². The fourth-order valence-electron chi connectivity index (χ4n) is 3.42. The van der Waals surface area contributed by atoms with Crippen LogP contribution in [0.5, 0.6) is 17.2 Å². The van der Waals surface area contributed by atoms with Crippen molar-refractivity contribution in [2.75, 3.05) is 19.9 Å². The standard InChI is InChI=1S/C23H17NO5S/c25-22-21(13-15-8-9-19-20(12-15)29-14-28-19)30-23(26)24(22)10-11-27-18-7-3-5-16-4-1-2-6-17(16)18/h1-9,12-13H,10-11,14H2/b21-13-. The summed E-state index contributed by atoms with van der Waals surface area (Å²) in [4.78, 5) is 26.7. The minimum atomic E-state index is -0.316. The van der Waals surface area contributed by atoms with Gasteiger partial charge in [0.1, 0.15) is 12.4 Å². The molecule has 0 unspecified atom stereocenters. The SMILES string of the molecule is O=C1S/C(=C\c2ccc3c(c2)OCO3)C(=O)N1CCOc1cccc2ccccc12. The van der Waals surface area contributed by atoms with Gasteiger partial charge in [0.25, 0.3) is 11.1 Å². The summed E-state index contributed by atoms with van der Waals surface area (Å²) in [6, 6.07) is 19.1. The quantitative estimate of drug-likeness (QED) is 0.560. The van der Waals surface area contributed by atoms with Crippen LogP contribution in [0.4, 0.5) is 4.79 Å². The van der Waals surface area contributed by atoms with E-state index >= 15 is 0 Å². The summed E-state index contributed by atoms with van der Waals surface area (Å²) in [5.41, 5.74) is 0.775. The minimum Gasteiger partial charge on any atom is -0.491 e. The first-order valence-corrected chi connectivity index (χ1v) is 10.3. The average Bonchev–Trinajstić information content (AvgIpc) is 3.33. The van der Waals surface area contributed by atoms with Gasteiger partial charge in [0, 0.05) is 5.39 Å². The Bertz CT molecular complexity index is 1180. The van der Waals surface area contributed by atoms with Crippen LogP contribution in [0.25, 0.3) is 16.8 Å². The van der Waals surface area contributed by atoms with Crippen LogP contribution >= 0.6 is 11.8 Å². The topological polar surface area (TPSA) is 65.1 Å². The first kappa shape index (κ1) is 18.6. The molecule has 7 heteroatoms. The molecule has 3 aromatic carbocycles. The highest BCUT2D eigenvalue weighted by molar-refractivity contribution is 8.18.